The van der Waals surface area contributed by atoms with Gasteiger partial charge in [-0.25, -0.2) is 9.37 Å². The second-order valence-corrected chi connectivity index (χ2v) is 6.76. The minimum Gasteiger partial charge on any atom is -0.381 e. The molecule has 3 aromatic rings. The molecule has 6 heteroatoms. The molecule has 0 bridgehead atoms. The number of hydrogen-bond donors (Lipinski definition) is 2. The number of likely N-dealkylation sites (tertiary alicyclic amines) is 1. The number of benzene rings is 2. The van der Waals surface area contributed by atoms with Crippen LogP contribution in [0.2, 0.25) is 0 Å². The normalized spacial score (nSPS) is 16.9. The van der Waals surface area contributed by atoms with Gasteiger partial charge in [0.15, 0.2) is 0 Å². The molecule has 1 saturated heterocycles. The lowest BCUT2D eigenvalue weighted by Gasteiger charge is -2.34. The van der Waals surface area contributed by atoms with Crippen LogP contribution in [0, 0.1) is 5.82 Å². The fourth-order valence-corrected chi connectivity index (χ4v) is 3.47. The van der Waals surface area contributed by atoms with Gasteiger partial charge in [-0.05, 0) is 49.2 Å². The third-order valence-electron chi connectivity index (χ3n) is 4.80. The van der Waals surface area contributed by atoms with Crippen molar-refractivity contribution in [2.24, 2.45) is 0 Å². The van der Waals surface area contributed by atoms with Crippen molar-refractivity contribution in [2.75, 3.05) is 18.4 Å². The maximum atomic E-state index is 13.1. The van der Waals surface area contributed by atoms with Gasteiger partial charge >= 0.3 is 0 Å². The van der Waals surface area contributed by atoms with Crippen LogP contribution < -0.4 is 5.32 Å². The average Bonchev–Trinajstić information content (AvgIpc) is 3.24. The zero-order chi connectivity index (χ0) is 18.6. The number of H-pyrrole nitrogens is 1. The van der Waals surface area contributed by atoms with E-state index in [-0.39, 0.29) is 17.8 Å². The van der Waals surface area contributed by atoms with E-state index in [1.165, 1.54) is 12.1 Å². The largest absolute Gasteiger partial charge is 0.381 e. The van der Waals surface area contributed by atoms with E-state index < -0.39 is 0 Å². The fraction of sp³-hybridized carbons (Fsp3) is 0.238. The van der Waals surface area contributed by atoms with Crippen molar-refractivity contribution in [3.8, 4) is 11.4 Å². The summed E-state index contributed by atoms with van der Waals surface area (Å²) in [5, 5.41) is 3.40. The number of imidazole rings is 1. The highest BCUT2D eigenvalue weighted by Crippen LogP contribution is 2.21. The average molecular weight is 364 g/mol. The highest BCUT2D eigenvalue weighted by molar-refractivity contribution is 5.95. The molecule has 1 fully saturated rings. The molecule has 0 unspecified atom stereocenters. The second-order valence-electron chi connectivity index (χ2n) is 6.76. The van der Waals surface area contributed by atoms with E-state index in [1.54, 1.807) is 24.5 Å². The van der Waals surface area contributed by atoms with Crippen LogP contribution in [0.15, 0.2) is 60.9 Å². The Morgan fingerprint density at radius 1 is 1.22 bits per heavy atom. The molecule has 5 nitrogen and oxygen atoms in total. The molecular formula is C21H21FN4O. The van der Waals surface area contributed by atoms with Crippen molar-refractivity contribution in [1.82, 2.24) is 14.9 Å². The lowest BCUT2D eigenvalue weighted by molar-refractivity contribution is 0.0715. The Morgan fingerprint density at radius 3 is 2.85 bits per heavy atom. The van der Waals surface area contributed by atoms with E-state index in [4.69, 9.17) is 0 Å². The number of hydrogen-bond acceptors (Lipinski definition) is 3. The molecule has 1 aliphatic heterocycles. The van der Waals surface area contributed by atoms with Gasteiger partial charge in [0.25, 0.3) is 5.91 Å². The molecule has 138 valence electrons. The number of nitrogens with one attached hydrogen (secondary N) is 2. The molecule has 0 saturated carbocycles. The molecule has 27 heavy (non-hydrogen) atoms. The number of piperidine rings is 1. The van der Waals surface area contributed by atoms with Crippen LogP contribution in [0.4, 0.5) is 10.1 Å². The monoisotopic (exact) mass is 364 g/mol. The zero-order valence-electron chi connectivity index (χ0n) is 14.9. The third-order valence-corrected chi connectivity index (χ3v) is 4.80. The van der Waals surface area contributed by atoms with E-state index >= 15 is 0 Å². The lowest BCUT2D eigenvalue weighted by atomic mass is 10.0. The summed E-state index contributed by atoms with van der Waals surface area (Å²) in [5.74, 6) is 0.519. The first-order valence-corrected chi connectivity index (χ1v) is 9.10. The number of nitrogens with zero attached hydrogens (tertiary/aromatic N) is 2. The van der Waals surface area contributed by atoms with E-state index in [0.717, 1.165) is 36.5 Å². The summed E-state index contributed by atoms with van der Waals surface area (Å²) in [6, 6.07) is 14.0. The summed E-state index contributed by atoms with van der Waals surface area (Å²) >= 11 is 0. The van der Waals surface area contributed by atoms with Gasteiger partial charge in [0.05, 0.1) is 0 Å². The molecule has 1 aliphatic rings. The molecule has 1 amide bonds. The molecule has 4 rings (SSSR count). The first-order chi connectivity index (χ1) is 13.2. The fourth-order valence-electron chi connectivity index (χ4n) is 3.47. The van der Waals surface area contributed by atoms with E-state index in [1.807, 2.05) is 29.2 Å². The van der Waals surface area contributed by atoms with Crippen LogP contribution >= 0.6 is 0 Å². The molecule has 1 aromatic heterocycles. The van der Waals surface area contributed by atoms with Crippen molar-refractivity contribution < 1.29 is 9.18 Å². The predicted molar refractivity (Wildman–Crippen MR) is 103 cm³/mol. The highest BCUT2D eigenvalue weighted by atomic mass is 19.1. The van der Waals surface area contributed by atoms with Crippen LogP contribution in [0.3, 0.4) is 0 Å². The summed E-state index contributed by atoms with van der Waals surface area (Å²) in [4.78, 5) is 22.2. The number of amides is 1. The lowest BCUT2D eigenvalue weighted by Crippen LogP contribution is -2.45. The number of carbonyl (C=O) groups excluding carboxylic acids is 1. The maximum absolute atomic E-state index is 13.1. The molecular weight excluding hydrogens is 343 g/mol. The zero-order valence-corrected chi connectivity index (χ0v) is 14.9. The number of aromatic amines is 1. The third kappa shape index (κ3) is 4.00. The van der Waals surface area contributed by atoms with Gasteiger partial charge in [-0.1, -0.05) is 12.1 Å². The smallest absolute Gasteiger partial charge is 0.253 e. The molecule has 2 N–H and O–H groups in total. The van der Waals surface area contributed by atoms with Gasteiger partial charge in [0.2, 0.25) is 0 Å². The van der Waals surface area contributed by atoms with Crippen LogP contribution in [0.25, 0.3) is 11.4 Å². The minimum absolute atomic E-state index is 0.0222. The maximum Gasteiger partial charge on any atom is 0.253 e. The van der Waals surface area contributed by atoms with Crippen LogP contribution in [-0.4, -0.2) is 39.9 Å². The van der Waals surface area contributed by atoms with Crippen LogP contribution in [-0.2, 0) is 0 Å². The van der Waals surface area contributed by atoms with E-state index in [0.29, 0.717) is 12.1 Å². The number of rotatable bonds is 4. The minimum atomic E-state index is -0.252. The molecule has 0 radical (unpaired) electrons. The highest BCUT2D eigenvalue weighted by Gasteiger charge is 2.24. The van der Waals surface area contributed by atoms with Gasteiger partial charge < -0.3 is 15.2 Å². The Balaban J connectivity index is 1.45. The summed E-state index contributed by atoms with van der Waals surface area (Å²) in [5.41, 5.74) is 2.42. The molecule has 2 heterocycles. The number of carbonyl (C=O) groups is 1. The van der Waals surface area contributed by atoms with Crippen molar-refractivity contribution in [1.29, 1.82) is 0 Å². The van der Waals surface area contributed by atoms with Crippen molar-refractivity contribution in [2.45, 2.75) is 18.9 Å². The Bertz CT molecular complexity index is 908. The molecule has 0 aliphatic carbocycles. The summed E-state index contributed by atoms with van der Waals surface area (Å²) in [6.07, 6.45) is 5.37. The molecule has 0 spiro atoms. The van der Waals surface area contributed by atoms with Gasteiger partial charge in [0.1, 0.15) is 11.6 Å². The quantitative estimate of drug-likeness (QED) is 0.737. The predicted octanol–water partition coefficient (Wildman–Crippen LogP) is 3.93. The SMILES string of the molecule is O=C(c1cccc(-c2ncc[nH]2)c1)N1CCC[C@H](Nc2ccc(F)cc2)C1. The van der Waals surface area contributed by atoms with Gasteiger partial charge in [-0.2, -0.15) is 0 Å². The van der Waals surface area contributed by atoms with Crippen molar-refractivity contribution in [3.05, 3.63) is 72.3 Å². The number of halogens is 1. The summed E-state index contributed by atoms with van der Waals surface area (Å²) in [7, 11) is 0. The Labute approximate surface area is 157 Å². The summed E-state index contributed by atoms with van der Waals surface area (Å²) < 4.78 is 13.1. The number of aromatic nitrogens is 2. The summed E-state index contributed by atoms with van der Waals surface area (Å²) in [6.45, 7) is 1.37. The van der Waals surface area contributed by atoms with Gasteiger partial charge in [-0.15, -0.1) is 0 Å². The molecule has 1 atom stereocenters. The van der Waals surface area contributed by atoms with Crippen LogP contribution in [0.1, 0.15) is 23.2 Å². The number of anilines is 1. The molecule has 2 aromatic carbocycles. The standard InChI is InChI=1S/C21H21FN4O/c22-17-6-8-18(9-7-17)25-19-5-2-12-26(14-19)21(27)16-4-1-3-15(13-16)20-23-10-11-24-20/h1,3-4,6-11,13,19,25H,2,5,12,14H2,(H,23,24)/t19-/m0/s1. The Morgan fingerprint density at radius 2 is 2.07 bits per heavy atom. The first kappa shape index (κ1) is 17.3. The van der Waals surface area contributed by atoms with Crippen molar-refractivity contribution >= 4 is 11.6 Å². The van der Waals surface area contributed by atoms with Gasteiger partial charge in [0, 0.05) is 48.3 Å². The van der Waals surface area contributed by atoms with E-state index in [2.05, 4.69) is 15.3 Å². The van der Waals surface area contributed by atoms with E-state index in [9.17, 15) is 9.18 Å². The topological polar surface area (TPSA) is 61.0 Å². The Hall–Kier alpha value is -3.15. The van der Waals surface area contributed by atoms with Crippen molar-refractivity contribution in [3.63, 3.8) is 0 Å². The second kappa shape index (κ2) is 7.61. The first-order valence-electron chi connectivity index (χ1n) is 9.10. The van der Waals surface area contributed by atoms with Gasteiger partial charge in [-0.3, -0.25) is 4.79 Å². The van der Waals surface area contributed by atoms with Crippen LogP contribution in [0.5, 0.6) is 0 Å². The Kier molecular flexibility index (Phi) is 4.87.